The third kappa shape index (κ3) is 2.99. The lowest BCUT2D eigenvalue weighted by Gasteiger charge is -2.20. The van der Waals surface area contributed by atoms with Crippen LogP contribution in [-0.4, -0.2) is 30.9 Å². The molecule has 0 saturated heterocycles. The Balaban J connectivity index is 2.31. The number of carbonyl (C=O) groups excluding carboxylic acids is 1. The highest BCUT2D eigenvalue weighted by Crippen LogP contribution is 2.27. The molecule has 0 aromatic carbocycles. The first-order chi connectivity index (χ1) is 6.11. The van der Waals surface area contributed by atoms with Crippen molar-refractivity contribution in [3.05, 3.63) is 0 Å². The Hall–Kier alpha value is -0.570. The van der Waals surface area contributed by atoms with Gasteiger partial charge >= 0.3 is 0 Å². The maximum absolute atomic E-state index is 11.4. The van der Waals surface area contributed by atoms with Crippen LogP contribution in [0.2, 0.25) is 0 Å². The second-order valence-electron chi connectivity index (χ2n) is 4.20. The van der Waals surface area contributed by atoms with Crippen molar-refractivity contribution in [2.24, 2.45) is 11.7 Å². The van der Waals surface area contributed by atoms with Gasteiger partial charge in [0.1, 0.15) is 0 Å². The van der Waals surface area contributed by atoms with Crippen LogP contribution in [-0.2, 0) is 4.79 Å². The fourth-order valence-corrected chi connectivity index (χ4v) is 1.94. The third-order valence-corrected chi connectivity index (χ3v) is 2.91. The zero-order chi connectivity index (χ0) is 9.84. The van der Waals surface area contributed by atoms with Crippen molar-refractivity contribution in [3.63, 3.8) is 0 Å². The molecule has 1 aliphatic rings. The Kier molecular flexibility index (Phi) is 3.72. The molecule has 1 amide bonds. The van der Waals surface area contributed by atoms with E-state index >= 15 is 0 Å². The van der Waals surface area contributed by atoms with Crippen molar-refractivity contribution in [1.82, 2.24) is 4.90 Å². The molecule has 13 heavy (non-hydrogen) atoms. The summed E-state index contributed by atoms with van der Waals surface area (Å²) in [6, 6.07) is 0.0809. The molecule has 2 N–H and O–H groups in total. The van der Waals surface area contributed by atoms with Crippen molar-refractivity contribution >= 4 is 5.91 Å². The summed E-state index contributed by atoms with van der Waals surface area (Å²) >= 11 is 0. The van der Waals surface area contributed by atoms with Gasteiger partial charge < -0.3 is 10.6 Å². The molecule has 1 rings (SSSR count). The van der Waals surface area contributed by atoms with E-state index < -0.39 is 0 Å². The molecule has 1 aliphatic carbocycles. The van der Waals surface area contributed by atoms with Crippen LogP contribution in [0.3, 0.4) is 0 Å². The van der Waals surface area contributed by atoms with Crippen molar-refractivity contribution in [2.45, 2.75) is 38.1 Å². The number of nitrogens with two attached hydrogens (primary N) is 1. The summed E-state index contributed by atoms with van der Waals surface area (Å²) in [6.45, 7) is 0. The standard InChI is InChI=1S/C10H20N2O/c1-12(2)10(13)7-9(11)8-5-3-4-6-8/h8-9H,3-7,11H2,1-2H3. The zero-order valence-corrected chi connectivity index (χ0v) is 8.62. The Morgan fingerprint density at radius 1 is 1.46 bits per heavy atom. The first-order valence-electron chi connectivity index (χ1n) is 5.07. The molecule has 0 spiro atoms. The maximum atomic E-state index is 11.4. The quantitative estimate of drug-likeness (QED) is 0.710. The van der Waals surface area contributed by atoms with Crippen LogP contribution < -0.4 is 5.73 Å². The van der Waals surface area contributed by atoms with Gasteiger partial charge in [-0.25, -0.2) is 0 Å². The second kappa shape index (κ2) is 4.61. The van der Waals surface area contributed by atoms with E-state index in [9.17, 15) is 4.79 Å². The minimum absolute atomic E-state index is 0.0809. The highest BCUT2D eigenvalue weighted by molar-refractivity contribution is 5.76. The van der Waals surface area contributed by atoms with E-state index in [-0.39, 0.29) is 11.9 Å². The maximum Gasteiger partial charge on any atom is 0.223 e. The third-order valence-electron chi connectivity index (χ3n) is 2.91. The van der Waals surface area contributed by atoms with Crippen LogP contribution in [0.4, 0.5) is 0 Å². The van der Waals surface area contributed by atoms with Gasteiger partial charge in [-0.3, -0.25) is 4.79 Å². The average molecular weight is 184 g/mol. The van der Waals surface area contributed by atoms with Gasteiger partial charge in [0.15, 0.2) is 0 Å². The van der Waals surface area contributed by atoms with Gasteiger partial charge in [0.05, 0.1) is 0 Å². The van der Waals surface area contributed by atoms with E-state index in [1.165, 1.54) is 25.7 Å². The van der Waals surface area contributed by atoms with Gasteiger partial charge in [-0.1, -0.05) is 12.8 Å². The Morgan fingerprint density at radius 3 is 2.46 bits per heavy atom. The fraction of sp³-hybridized carbons (Fsp3) is 0.900. The van der Waals surface area contributed by atoms with Crippen molar-refractivity contribution < 1.29 is 4.79 Å². The van der Waals surface area contributed by atoms with Crippen molar-refractivity contribution in [2.75, 3.05) is 14.1 Å². The lowest BCUT2D eigenvalue weighted by molar-refractivity contribution is -0.129. The number of carbonyl (C=O) groups is 1. The molecule has 1 saturated carbocycles. The molecule has 1 fully saturated rings. The normalized spacial score (nSPS) is 20.2. The van der Waals surface area contributed by atoms with Gasteiger partial charge in [0, 0.05) is 26.6 Å². The first kappa shape index (κ1) is 10.5. The van der Waals surface area contributed by atoms with E-state index in [0.29, 0.717) is 12.3 Å². The Bertz CT molecular complexity index is 174. The lowest BCUT2D eigenvalue weighted by atomic mass is 9.96. The number of amides is 1. The van der Waals surface area contributed by atoms with Gasteiger partial charge in [-0.2, -0.15) is 0 Å². The first-order valence-corrected chi connectivity index (χ1v) is 5.07. The van der Waals surface area contributed by atoms with Gasteiger partial charge in [0.25, 0.3) is 0 Å². The number of rotatable bonds is 3. The average Bonchev–Trinajstić information content (AvgIpc) is 2.55. The van der Waals surface area contributed by atoms with Crippen LogP contribution >= 0.6 is 0 Å². The zero-order valence-electron chi connectivity index (χ0n) is 8.62. The minimum Gasteiger partial charge on any atom is -0.349 e. The Morgan fingerprint density at radius 2 is 2.00 bits per heavy atom. The molecule has 0 aromatic heterocycles. The smallest absolute Gasteiger partial charge is 0.223 e. The van der Waals surface area contributed by atoms with Crippen LogP contribution in [0.15, 0.2) is 0 Å². The lowest BCUT2D eigenvalue weighted by Crippen LogP contribution is -2.35. The highest BCUT2D eigenvalue weighted by Gasteiger charge is 2.24. The molecule has 0 bridgehead atoms. The SMILES string of the molecule is CN(C)C(=O)CC(N)C1CCCC1. The molecule has 3 heteroatoms. The molecular formula is C10H20N2O. The molecule has 0 aliphatic heterocycles. The van der Waals surface area contributed by atoms with Gasteiger partial charge in [-0.15, -0.1) is 0 Å². The Labute approximate surface area is 80.3 Å². The van der Waals surface area contributed by atoms with E-state index in [4.69, 9.17) is 5.73 Å². The second-order valence-corrected chi connectivity index (χ2v) is 4.20. The molecule has 0 heterocycles. The summed E-state index contributed by atoms with van der Waals surface area (Å²) in [5, 5.41) is 0. The molecule has 3 nitrogen and oxygen atoms in total. The summed E-state index contributed by atoms with van der Waals surface area (Å²) in [5.41, 5.74) is 5.97. The molecule has 0 aromatic rings. The van der Waals surface area contributed by atoms with Crippen LogP contribution in [0, 0.1) is 5.92 Å². The van der Waals surface area contributed by atoms with Crippen LogP contribution in [0.1, 0.15) is 32.1 Å². The predicted molar refractivity (Wildman–Crippen MR) is 53.2 cm³/mol. The molecule has 76 valence electrons. The minimum atomic E-state index is 0.0809. The van der Waals surface area contributed by atoms with E-state index in [2.05, 4.69) is 0 Å². The summed E-state index contributed by atoms with van der Waals surface area (Å²) in [4.78, 5) is 13.0. The van der Waals surface area contributed by atoms with Gasteiger partial charge in [-0.05, 0) is 18.8 Å². The predicted octanol–water partition coefficient (Wildman–Crippen LogP) is 0.982. The van der Waals surface area contributed by atoms with Crippen molar-refractivity contribution in [1.29, 1.82) is 0 Å². The number of hydrogen-bond donors (Lipinski definition) is 1. The monoisotopic (exact) mass is 184 g/mol. The number of nitrogens with zero attached hydrogens (tertiary/aromatic N) is 1. The van der Waals surface area contributed by atoms with Crippen LogP contribution in [0.25, 0.3) is 0 Å². The topological polar surface area (TPSA) is 46.3 Å². The van der Waals surface area contributed by atoms with Crippen LogP contribution in [0.5, 0.6) is 0 Å². The summed E-state index contributed by atoms with van der Waals surface area (Å²) in [7, 11) is 3.56. The fourth-order valence-electron chi connectivity index (χ4n) is 1.94. The molecule has 1 atom stereocenters. The molecule has 1 unspecified atom stereocenters. The molecule has 0 radical (unpaired) electrons. The van der Waals surface area contributed by atoms with E-state index in [1.54, 1.807) is 19.0 Å². The summed E-state index contributed by atoms with van der Waals surface area (Å²) < 4.78 is 0. The highest BCUT2D eigenvalue weighted by atomic mass is 16.2. The van der Waals surface area contributed by atoms with Crippen molar-refractivity contribution in [3.8, 4) is 0 Å². The van der Waals surface area contributed by atoms with Gasteiger partial charge in [0.2, 0.25) is 5.91 Å². The van der Waals surface area contributed by atoms with E-state index in [1.807, 2.05) is 0 Å². The summed E-state index contributed by atoms with van der Waals surface area (Å²) in [5.74, 6) is 0.739. The van der Waals surface area contributed by atoms with E-state index in [0.717, 1.165) is 0 Å². The largest absolute Gasteiger partial charge is 0.349 e. The summed E-state index contributed by atoms with van der Waals surface area (Å²) in [6.07, 6.45) is 5.50. The number of hydrogen-bond acceptors (Lipinski definition) is 2. The molecular weight excluding hydrogens is 164 g/mol.